The Hall–Kier alpha value is -2.07. The van der Waals surface area contributed by atoms with Gasteiger partial charge in [-0.05, 0) is 44.0 Å². The monoisotopic (exact) mass is 528 g/mol. The van der Waals surface area contributed by atoms with Gasteiger partial charge in [-0.15, -0.1) is 24.0 Å². The molecule has 0 saturated heterocycles. The number of ether oxygens (including phenoxy) is 3. The first-order valence-corrected chi connectivity index (χ1v) is 9.98. The minimum absolute atomic E-state index is 0. The number of benzene rings is 1. The maximum absolute atomic E-state index is 5.91. The van der Waals surface area contributed by atoms with Crippen molar-refractivity contribution >= 4 is 29.9 Å². The highest BCUT2D eigenvalue weighted by atomic mass is 127. The Kier molecular flexibility index (Phi) is 12.8. The second-order valence-corrected chi connectivity index (χ2v) is 6.37. The third-order valence-electron chi connectivity index (χ3n) is 4.13. The number of aliphatic imine (C=N–C) groups is 1. The molecule has 0 aliphatic heterocycles. The number of nitrogens with zero attached hydrogens (tertiary/aromatic N) is 2. The molecule has 2 aromatic rings. The lowest BCUT2D eigenvalue weighted by Crippen LogP contribution is -2.36. The second-order valence-electron chi connectivity index (χ2n) is 6.37. The van der Waals surface area contributed by atoms with Crippen LogP contribution in [0.2, 0.25) is 0 Å². The molecule has 30 heavy (non-hydrogen) atoms. The summed E-state index contributed by atoms with van der Waals surface area (Å²) in [6, 6.07) is 10.1. The number of guanidine groups is 1. The van der Waals surface area contributed by atoms with Gasteiger partial charge in [0.05, 0.1) is 13.2 Å². The zero-order valence-electron chi connectivity index (χ0n) is 18.2. The molecule has 1 aromatic heterocycles. The Morgan fingerprint density at radius 2 is 1.80 bits per heavy atom. The van der Waals surface area contributed by atoms with E-state index in [-0.39, 0.29) is 24.0 Å². The lowest BCUT2D eigenvalue weighted by molar-refractivity contribution is 0.110. The third kappa shape index (κ3) is 9.17. The number of nitrogens with one attached hydrogen (secondary N) is 2. The van der Waals surface area contributed by atoms with Crippen molar-refractivity contribution in [2.45, 2.75) is 33.9 Å². The topological polar surface area (TPSA) is 77.0 Å². The van der Waals surface area contributed by atoms with Crippen LogP contribution < -0.4 is 20.1 Å². The van der Waals surface area contributed by atoms with Crippen LogP contribution in [0.4, 0.5) is 0 Å². The van der Waals surface area contributed by atoms with Crippen LogP contribution in [0.1, 0.15) is 30.5 Å². The minimum Gasteiger partial charge on any atom is -0.491 e. The molecule has 1 heterocycles. The van der Waals surface area contributed by atoms with Crippen LogP contribution in [0.5, 0.6) is 11.6 Å². The van der Waals surface area contributed by atoms with Gasteiger partial charge in [-0.3, -0.25) is 4.99 Å². The lowest BCUT2D eigenvalue weighted by atomic mass is 10.1. The number of rotatable bonds is 11. The molecule has 0 unspecified atom stereocenters. The van der Waals surface area contributed by atoms with Gasteiger partial charge in [-0.2, -0.15) is 0 Å². The molecule has 0 bridgehead atoms. The fourth-order valence-corrected chi connectivity index (χ4v) is 2.67. The summed E-state index contributed by atoms with van der Waals surface area (Å²) in [6.45, 7) is 9.59. The normalized spacial score (nSPS) is 10.9. The van der Waals surface area contributed by atoms with Crippen molar-refractivity contribution in [1.82, 2.24) is 15.6 Å². The Morgan fingerprint density at radius 1 is 1.00 bits per heavy atom. The molecule has 0 spiro atoms. The van der Waals surface area contributed by atoms with E-state index in [4.69, 9.17) is 14.2 Å². The molecule has 7 nitrogen and oxygen atoms in total. The summed E-state index contributed by atoms with van der Waals surface area (Å²) in [5.41, 5.74) is 3.30. The van der Waals surface area contributed by atoms with Crippen molar-refractivity contribution in [2.75, 3.05) is 33.5 Å². The summed E-state index contributed by atoms with van der Waals surface area (Å²) in [4.78, 5) is 8.48. The van der Waals surface area contributed by atoms with E-state index in [1.807, 2.05) is 32.0 Å². The van der Waals surface area contributed by atoms with Crippen molar-refractivity contribution in [3.63, 3.8) is 0 Å². The SMILES string of the molecule is CCOCCOc1cc(C)ccc1CNC(=NC)NCc1ccnc(OCC)c1.I. The highest BCUT2D eigenvalue weighted by Gasteiger charge is 2.07. The van der Waals surface area contributed by atoms with Gasteiger partial charge in [-0.25, -0.2) is 4.98 Å². The van der Waals surface area contributed by atoms with Crippen molar-refractivity contribution in [3.8, 4) is 11.6 Å². The van der Waals surface area contributed by atoms with Crippen LogP contribution in [0, 0.1) is 6.92 Å². The minimum atomic E-state index is 0. The first-order valence-electron chi connectivity index (χ1n) is 9.98. The van der Waals surface area contributed by atoms with Crippen molar-refractivity contribution < 1.29 is 14.2 Å². The fraction of sp³-hybridized carbons (Fsp3) is 0.455. The van der Waals surface area contributed by atoms with Crippen LogP contribution in [-0.4, -0.2) is 44.4 Å². The Labute approximate surface area is 196 Å². The molecule has 0 aliphatic rings. The van der Waals surface area contributed by atoms with E-state index in [0.29, 0.717) is 51.4 Å². The van der Waals surface area contributed by atoms with E-state index in [0.717, 1.165) is 22.4 Å². The van der Waals surface area contributed by atoms with Gasteiger partial charge in [-0.1, -0.05) is 12.1 Å². The number of pyridine rings is 1. The Bertz CT molecular complexity index is 787. The maximum atomic E-state index is 5.91. The molecule has 2 N–H and O–H groups in total. The van der Waals surface area contributed by atoms with Crippen LogP contribution >= 0.6 is 24.0 Å². The van der Waals surface area contributed by atoms with Crippen molar-refractivity contribution in [3.05, 3.63) is 53.2 Å². The predicted molar refractivity (Wildman–Crippen MR) is 131 cm³/mol. The van der Waals surface area contributed by atoms with Crippen LogP contribution in [0.3, 0.4) is 0 Å². The summed E-state index contributed by atoms with van der Waals surface area (Å²) in [6.07, 6.45) is 1.75. The molecule has 166 valence electrons. The van der Waals surface area contributed by atoms with Gasteiger partial charge in [0.2, 0.25) is 5.88 Å². The van der Waals surface area contributed by atoms with Crippen LogP contribution in [0.15, 0.2) is 41.5 Å². The molecule has 0 atom stereocenters. The Balaban J connectivity index is 0.00000450. The Morgan fingerprint density at radius 3 is 2.53 bits per heavy atom. The summed E-state index contributed by atoms with van der Waals surface area (Å²) >= 11 is 0. The third-order valence-corrected chi connectivity index (χ3v) is 4.13. The summed E-state index contributed by atoms with van der Waals surface area (Å²) in [7, 11) is 1.75. The average molecular weight is 528 g/mol. The van der Waals surface area contributed by atoms with Gasteiger partial charge in [0.1, 0.15) is 12.4 Å². The number of halogens is 1. The van der Waals surface area contributed by atoms with Gasteiger partial charge in [0.25, 0.3) is 0 Å². The van der Waals surface area contributed by atoms with Crippen LogP contribution in [0.25, 0.3) is 0 Å². The van der Waals surface area contributed by atoms with Gasteiger partial charge in [0, 0.05) is 44.6 Å². The molecule has 2 rings (SSSR count). The lowest BCUT2D eigenvalue weighted by Gasteiger charge is -2.16. The molecular weight excluding hydrogens is 495 g/mol. The molecule has 0 saturated carbocycles. The number of aromatic nitrogens is 1. The highest BCUT2D eigenvalue weighted by molar-refractivity contribution is 14.0. The molecule has 0 radical (unpaired) electrons. The van der Waals surface area contributed by atoms with E-state index in [1.54, 1.807) is 13.2 Å². The van der Waals surface area contributed by atoms with E-state index >= 15 is 0 Å². The zero-order chi connectivity index (χ0) is 20.9. The average Bonchev–Trinajstić information content (AvgIpc) is 2.73. The number of hydrogen-bond donors (Lipinski definition) is 2. The van der Waals surface area contributed by atoms with Gasteiger partial charge >= 0.3 is 0 Å². The summed E-state index contributed by atoms with van der Waals surface area (Å²) < 4.78 is 16.7. The van der Waals surface area contributed by atoms with Crippen molar-refractivity contribution in [1.29, 1.82) is 0 Å². The molecule has 8 heteroatoms. The van der Waals surface area contributed by atoms with Crippen LogP contribution in [-0.2, 0) is 17.8 Å². The maximum Gasteiger partial charge on any atom is 0.213 e. The standard InChI is InChI=1S/C22H32N4O3.HI/c1-5-27-11-12-29-20-13-17(3)7-8-19(20)16-26-22(23-4)25-15-18-9-10-24-21(14-18)28-6-2;/h7-10,13-14H,5-6,11-12,15-16H2,1-4H3,(H2,23,25,26);1H. The predicted octanol–water partition coefficient (Wildman–Crippen LogP) is 3.69. The zero-order valence-corrected chi connectivity index (χ0v) is 20.6. The quantitative estimate of drug-likeness (QED) is 0.201. The van der Waals surface area contributed by atoms with E-state index < -0.39 is 0 Å². The summed E-state index contributed by atoms with van der Waals surface area (Å²) in [5.74, 6) is 2.20. The summed E-state index contributed by atoms with van der Waals surface area (Å²) in [5, 5.41) is 6.65. The second kappa shape index (κ2) is 14.8. The number of aryl methyl sites for hydroxylation is 1. The first kappa shape index (κ1) is 26.0. The van der Waals surface area contributed by atoms with E-state index in [9.17, 15) is 0 Å². The number of hydrogen-bond acceptors (Lipinski definition) is 5. The molecular formula is C22H33IN4O3. The largest absolute Gasteiger partial charge is 0.491 e. The highest BCUT2D eigenvalue weighted by Crippen LogP contribution is 2.20. The van der Waals surface area contributed by atoms with Crippen molar-refractivity contribution in [2.24, 2.45) is 4.99 Å². The van der Waals surface area contributed by atoms with Gasteiger partial charge < -0.3 is 24.8 Å². The first-order chi connectivity index (χ1) is 14.2. The van der Waals surface area contributed by atoms with Gasteiger partial charge in [0.15, 0.2) is 5.96 Å². The fourth-order valence-electron chi connectivity index (χ4n) is 2.67. The van der Waals surface area contributed by atoms with E-state index in [1.165, 1.54) is 0 Å². The van der Waals surface area contributed by atoms with E-state index in [2.05, 4.69) is 39.7 Å². The molecule has 0 fully saturated rings. The molecule has 1 aromatic carbocycles. The molecule has 0 amide bonds. The molecule has 0 aliphatic carbocycles. The smallest absolute Gasteiger partial charge is 0.213 e.